The maximum absolute atomic E-state index is 4.98. The monoisotopic (exact) mass is 139 g/mol. The molecule has 0 aromatic rings. The molecule has 0 aromatic carbocycles. The van der Waals surface area contributed by atoms with Crippen molar-refractivity contribution in [1.29, 1.82) is 0 Å². The molecule has 2 nitrogen and oxygen atoms in total. The number of terminal acetylenes is 1. The molecule has 0 heterocycles. The Bertz CT molecular complexity index is 169. The average molecular weight is 139 g/mol. The number of nitrogens with zero attached hydrogens (tertiary/aromatic N) is 1. The van der Waals surface area contributed by atoms with Crippen LogP contribution in [0.1, 0.15) is 20.8 Å². The zero-order valence-corrected chi connectivity index (χ0v) is 6.93. The van der Waals surface area contributed by atoms with E-state index >= 15 is 0 Å². The lowest BCUT2D eigenvalue weighted by Gasteiger charge is -2.17. The zero-order valence-electron chi connectivity index (χ0n) is 6.93. The van der Waals surface area contributed by atoms with E-state index in [1.807, 2.05) is 20.8 Å². The molecule has 0 aromatic heterocycles. The van der Waals surface area contributed by atoms with E-state index in [9.17, 15) is 0 Å². The summed E-state index contributed by atoms with van der Waals surface area (Å²) in [7, 11) is 1.57. The largest absolute Gasteiger partial charge is 0.483 e. The molecule has 0 aliphatic carbocycles. The third-order valence-corrected chi connectivity index (χ3v) is 1.00. The quantitative estimate of drug-likeness (QED) is 0.284. The highest BCUT2D eigenvalue weighted by molar-refractivity contribution is 5.82. The predicted molar refractivity (Wildman–Crippen MR) is 42.7 cm³/mol. The minimum Gasteiger partial charge on any atom is -0.483 e. The molecule has 10 heavy (non-hydrogen) atoms. The summed E-state index contributed by atoms with van der Waals surface area (Å²) in [4.78, 5) is 3.74. The lowest BCUT2D eigenvalue weighted by Crippen LogP contribution is -2.21. The fourth-order valence-corrected chi connectivity index (χ4v) is 0.578. The van der Waals surface area contributed by atoms with Crippen LogP contribution >= 0.6 is 0 Å². The molecule has 0 saturated carbocycles. The zero-order chi connectivity index (χ0) is 8.20. The molecule has 0 aliphatic heterocycles. The Kier molecular flexibility index (Phi) is 2.95. The second-order valence-corrected chi connectivity index (χ2v) is 3.00. The van der Waals surface area contributed by atoms with Crippen LogP contribution in [0.4, 0.5) is 0 Å². The maximum Gasteiger partial charge on any atom is 0.202 e. The summed E-state index contributed by atoms with van der Waals surface area (Å²) < 4.78 is 4.96. The Hall–Kier alpha value is -0.970. The lowest BCUT2D eigenvalue weighted by atomic mass is 9.97. The number of rotatable bonds is 0. The summed E-state index contributed by atoms with van der Waals surface area (Å²) in [5.74, 6) is 0.593. The van der Waals surface area contributed by atoms with Crippen LogP contribution in [-0.2, 0) is 4.74 Å². The van der Waals surface area contributed by atoms with Crippen LogP contribution in [0.25, 0.3) is 0 Å². The maximum atomic E-state index is 4.98. The molecule has 2 heteroatoms. The number of aliphatic imine (C=N–C) groups is 1. The van der Waals surface area contributed by atoms with Crippen LogP contribution in [0.15, 0.2) is 4.99 Å². The van der Waals surface area contributed by atoms with E-state index in [0.717, 1.165) is 0 Å². The van der Waals surface area contributed by atoms with Gasteiger partial charge in [-0.1, -0.05) is 27.2 Å². The molecule has 56 valence electrons. The third-order valence-electron chi connectivity index (χ3n) is 1.00. The summed E-state index contributed by atoms with van der Waals surface area (Å²) in [5, 5.41) is 0. The molecule has 0 amide bonds. The van der Waals surface area contributed by atoms with Crippen molar-refractivity contribution in [3.05, 3.63) is 0 Å². The van der Waals surface area contributed by atoms with Crippen LogP contribution in [-0.4, -0.2) is 13.0 Å². The summed E-state index contributed by atoms with van der Waals surface area (Å²) in [6.07, 6.45) is 4.98. The fraction of sp³-hybridized carbons (Fsp3) is 0.625. The smallest absolute Gasteiger partial charge is 0.202 e. The van der Waals surface area contributed by atoms with Gasteiger partial charge in [-0.15, -0.1) is 0 Å². The second-order valence-electron chi connectivity index (χ2n) is 3.00. The van der Waals surface area contributed by atoms with E-state index in [-0.39, 0.29) is 5.41 Å². The Morgan fingerprint density at radius 2 is 2.00 bits per heavy atom. The van der Waals surface area contributed by atoms with Crippen molar-refractivity contribution in [3.63, 3.8) is 0 Å². The van der Waals surface area contributed by atoms with Gasteiger partial charge in [-0.25, -0.2) is 0 Å². The van der Waals surface area contributed by atoms with E-state index < -0.39 is 0 Å². The topological polar surface area (TPSA) is 21.6 Å². The molecule has 0 bridgehead atoms. The van der Waals surface area contributed by atoms with Crippen molar-refractivity contribution < 1.29 is 4.74 Å². The van der Waals surface area contributed by atoms with Crippen LogP contribution in [0.2, 0.25) is 0 Å². The molecular formula is C8H13NO. The van der Waals surface area contributed by atoms with Crippen LogP contribution in [0.3, 0.4) is 0 Å². The van der Waals surface area contributed by atoms with Crippen LogP contribution in [0.5, 0.6) is 0 Å². The minimum absolute atomic E-state index is 0.0961. The highest BCUT2D eigenvalue weighted by atomic mass is 16.5. The summed E-state index contributed by atoms with van der Waals surface area (Å²) >= 11 is 0. The Morgan fingerprint density at radius 1 is 1.50 bits per heavy atom. The summed E-state index contributed by atoms with van der Waals surface area (Å²) in [6, 6.07) is 2.19. The Morgan fingerprint density at radius 3 is 2.10 bits per heavy atom. The highest BCUT2D eigenvalue weighted by Gasteiger charge is 2.18. The van der Waals surface area contributed by atoms with Crippen molar-refractivity contribution in [1.82, 2.24) is 0 Å². The first-order chi connectivity index (χ1) is 4.52. The van der Waals surface area contributed by atoms with E-state index in [1.54, 1.807) is 7.11 Å². The summed E-state index contributed by atoms with van der Waals surface area (Å²) in [5.41, 5.74) is -0.0961. The van der Waals surface area contributed by atoms with Crippen molar-refractivity contribution in [2.24, 2.45) is 10.4 Å². The molecular weight excluding hydrogens is 126 g/mol. The Labute approximate surface area is 62.3 Å². The van der Waals surface area contributed by atoms with Gasteiger partial charge in [0.05, 0.1) is 7.11 Å². The molecule has 0 unspecified atom stereocenters. The van der Waals surface area contributed by atoms with E-state index in [1.165, 1.54) is 0 Å². The van der Waals surface area contributed by atoms with Gasteiger partial charge in [0.2, 0.25) is 5.90 Å². The van der Waals surface area contributed by atoms with Gasteiger partial charge in [0, 0.05) is 11.5 Å². The van der Waals surface area contributed by atoms with Gasteiger partial charge in [-0.2, -0.15) is 4.99 Å². The van der Waals surface area contributed by atoms with Gasteiger partial charge in [0.1, 0.15) is 0 Å². The van der Waals surface area contributed by atoms with Gasteiger partial charge in [-0.3, -0.25) is 0 Å². The van der Waals surface area contributed by atoms with Crippen LogP contribution in [0, 0.1) is 17.9 Å². The molecule has 0 radical (unpaired) electrons. The predicted octanol–water partition coefficient (Wildman–Crippen LogP) is 1.67. The molecule has 0 N–H and O–H groups in total. The first-order valence-electron chi connectivity index (χ1n) is 3.10. The molecule has 0 fully saturated rings. The SMILES string of the molecule is C#CN=C(OC)C(C)(C)C. The number of methoxy groups -OCH3 is 1. The standard InChI is InChI=1S/C8H13NO/c1-6-9-7(10-5)8(2,3)4/h1H,2-5H3. The van der Waals surface area contributed by atoms with Crippen molar-refractivity contribution >= 4 is 5.90 Å². The number of ether oxygens (including phenoxy) is 1. The molecule has 0 rings (SSSR count). The van der Waals surface area contributed by atoms with Gasteiger partial charge in [0.15, 0.2) is 0 Å². The van der Waals surface area contributed by atoms with Crippen molar-refractivity contribution in [2.45, 2.75) is 20.8 Å². The minimum atomic E-state index is -0.0961. The normalized spacial score (nSPS) is 12.5. The first-order valence-corrected chi connectivity index (χ1v) is 3.10. The van der Waals surface area contributed by atoms with Crippen molar-refractivity contribution in [2.75, 3.05) is 7.11 Å². The van der Waals surface area contributed by atoms with E-state index in [2.05, 4.69) is 11.0 Å². The third kappa shape index (κ3) is 2.54. The van der Waals surface area contributed by atoms with Gasteiger partial charge < -0.3 is 4.74 Å². The van der Waals surface area contributed by atoms with Crippen LogP contribution < -0.4 is 0 Å². The fourth-order valence-electron chi connectivity index (χ4n) is 0.578. The average Bonchev–Trinajstić information content (AvgIpc) is 1.80. The molecule has 0 saturated heterocycles. The molecule has 0 atom stereocenters. The van der Waals surface area contributed by atoms with Gasteiger partial charge in [-0.05, 0) is 0 Å². The Balaban J connectivity index is 4.41. The second kappa shape index (κ2) is 3.26. The van der Waals surface area contributed by atoms with Gasteiger partial charge >= 0.3 is 0 Å². The van der Waals surface area contributed by atoms with E-state index in [4.69, 9.17) is 11.2 Å². The van der Waals surface area contributed by atoms with Gasteiger partial charge in [0.25, 0.3) is 0 Å². The number of hydrogen-bond donors (Lipinski definition) is 0. The lowest BCUT2D eigenvalue weighted by molar-refractivity contribution is 0.337. The highest BCUT2D eigenvalue weighted by Crippen LogP contribution is 2.15. The molecule has 0 spiro atoms. The first kappa shape index (κ1) is 9.03. The number of hydrogen-bond acceptors (Lipinski definition) is 2. The molecule has 0 aliphatic rings. The summed E-state index contributed by atoms with van der Waals surface area (Å²) in [6.45, 7) is 5.98. The van der Waals surface area contributed by atoms with E-state index in [0.29, 0.717) is 5.90 Å². The van der Waals surface area contributed by atoms with Crippen molar-refractivity contribution in [3.8, 4) is 12.5 Å².